The number of benzene rings is 1. The Bertz CT molecular complexity index is 457. The zero-order valence-electron chi connectivity index (χ0n) is 7.72. The molecule has 0 aliphatic rings. The van der Waals surface area contributed by atoms with Crippen molar-refractivity contribution in [1.29, 1.82) is 0 Å². The van der Waals surface area contributed by atoms with Crippen LogP contribution in [0.3, 0.4) is 0 Å². The first-order valence-corrected chi connectivity index (χ1v) is 4.52. The van der Waals surface area contributed by atoms with E-state index in [0.717, 1.165) is 17.2 Å². The van der Waals surface area contributed by atoms with Gasteiger partial charge < -0.3 is 5.11 Å². The number of aliphatic hydroxyl groups is 1. The molecule has 0 aliphatic heterocycles. The molecule has 2 nitrogen and oxygen atoms in total. The summed E-state index contributed by atoms with van der Waals surface area (Å²) in [5.41, 5.74) is 1.13. The highest BCUT2D eigenvalue weighted by Crippen LogP contribution is 2.17. The average Bonchev–Trinajstić information content (AvgIpc) is 2.26. The number of pyridine rings is 1. The third-order valence-electron chi connectivity index (χ3n) is 2.19. The summed E-state index contributed by atoms with van der Waals surface area (Å²) in [5.74, 6) is 0. The molecule has 0 amide bonds. The molecule has 0 aliphatic carbocycles. The van der Waals surface area contributed by atoms with Crippen LogP contribution in [0, 0.1) is 0 Å². The Hall–Kier alpha value is -1.83. The first-order valence-electron chi connectivity index (χ1n) is 4.52. The minimum atomic E-state index is 0.713. The van der Waals surface area contributed by atoms with Crippen LogP contribution in [0.15, 0.2) is 49.0 Å². The van der Waals surface area contributed by atoms with Gasteiger partial charge >= 0.3 is 0 Å². The molecule has 14 heavy (non-hydrogen) atoms. The van der Waals surface area contributed by atoms with E-state index in [1.54, 1.807) is 6.08 Å². The fraction of sp³-hybridized carbons (Fsp3) is 0.0833. The summed E-state index contributed by atoms with van der Waals surface area (Å²) in [7, 11) is 0. The van der Waals surface area contributed by atoms with Crippen LogP contribution in [0.2, 0.25) is 0 Å². The average molecular weight is 185 g/mol. The second kappa shape index (κ2) is 3.92. The molecule has 70 valence electrons. The van der Waals surface area contributed by atoms with Gasteiger partial charge in [-0.1, -0.05) is 24.3 Å². The van der Waals surface area contributed by atoms with Crippen molar-refractivity contribution < 1.29 is 5.11 Å². The third-order valence-corrected chi connectivity index (χ3v) is 2.19. The largest absolute Gasteiger partial charge is 0.516 e. The van der Waals surface area contributed by atoms with Crippen molar-refractivity contribution in [2.45, 2.75) is 6.42 Å². The third kappa shape index (κ3) is 1.59. The number of aliphatic hydroxyl groups excluding tert-OH is 1. The van der Waals surface area contributed by atoms with E-state index in [2.05, 4.69) is 11.1 Å². The normalized spacial score (nSPS) is 11.1. The van der Waals surface area contributed by atoms with Crippen molar-refractivity contribution in [2.24, 2.45) is 0 Å². The van der Waals surface area contributed by atoms with Crippen LogP contribution in [-0.2, 0) is 6.42 Å². The van der Waals surface area contributed by atoms with Crippen molar-refractivity contribution in [3.05, 3.63) is 54.6 Å². The van der Waals surface area contributed by atoms with E-state index in [-0.39, 0.29) is 0 Å². The number of allylic oxidation sites excluding steroid dienone is 1. The van der Waals surface area contributed by atoms with Crippen molar-refractivity contribution in [2.75, 3.05) is 0 Å². The topological polar surface area (TPSA) is 33.1 Å². The predicted molar refractivity (Wildman–Crippen MR) is 57.2 cm³/mol. The second-order valence-electron chi connectivity index (χ2n) is 3.11. The zero-order valence-corrected chi connectivity index (χ0v) is 7.72. The monoisotopic (exact) mass is 185 g/mol. The molecule has 1 heterocycles. The highest BCUT2D eigenvalue weighted by atomic mass is 16.2. The van der Waals surface area contributed by atoms with Crippen molar-refractivity contribution in [1.82, 2.24) is 4.98 Å². The first-order chi connectivity index (χ1) is 6.92. The standard InChI is InChI=1S/C12H11NO/c14-7-3-5-11-9-13-8-10-4-1-2-6-12(10)11/h1-4,6-9,14H,5H2/b7-3+. The van der Waals surface area contributed by atoms with E-state index in [1.165, 1.54) is 5.39 Å². The molecule has 1 aromatic carbocycles. The summed E-state index contributed by atoms with van der Waals surface area (Å²) >= 11 is 0. The van der Waals surface area contributed by atoms with Crippen molar-refractivity contribution >= 4 is 10.8 Å². The lowest BCUT2D eigenvalue weighted by molar-refractivity contribution is 0.471. The molecule has 2 rings (SSSR count). The molecule has 0 saturated heterocycles. The molecule has 2 heteroatoms. The van der Waals surface area contributed by atoms with Gasteiger partial charge in [-0.25, -0.2) is 0 Å². The fourth-order valence-electron chi connectivity index (χ4n) is 1.52. The first kappa shape index (κ1) is 8.75. The molecule has 1 aromatic heterocycles. The highest BCUT2D eigenvalue weighted by molar-refractivity contribution is 5.84. The van der Waals surface area contributed by atoms with Crippen LogP contribution in [0.4, 0.5) is 0 Å². The van der Waals surface area contributed by atoms with Gasteiger partial charge in [0, 0.05) is 17.8 Å². The summed E-state index contributed by atoms with van der Waals surface area (Å²) in [6.45, 7) is 0. The minimum absolute atomic E-state index is 0.713. The Morgan fingerprint density at radius 3 is 2.93 bits per heavy atom. The minimum Gasteiger partial charge on any atom is -0.516 e. The summed E-state index contributed by atoms with van der Waals surface area (Å²) in [4.78, 5) is 4.15. The van der Waals surface area contributed by atoms with E-state index in [0.29, 0.717) is 6.42 Å². The maximum absolute atomic E-state index is 8.60. The Morgan fingerprint density at radius 2 is 2.07 bits per heavy atom. The lowest BCUT2D eigenvalue weighted by Gasteiger charge is -2.02. The van der Waals surface area contributed by atoms with E-state index in [9.17, 15) is 0 Å². The molecule has 0 fully saturated rings. The smallest absolute Gasteiger partial charge is 0.0755 e. The molecule has 0 atom stereocenters. The van der Waals surface area contributed by atoms with E-state index in [4.69, 9.17) is 5.11 Å². The van der Waals surface area contributed by atoms with Crippen LogP contribution in [0.5, 0.6) is 0 Å². The van der Waals surface area contributed by atoms with E-state index < -0.39 is 0 Å². The van der Waals surface area contributed by atoms with Crippen LogP contribution in [0.1, 0.15) is 5.56 Å². The van der Waals surface area contributed by atoms with Gasteiger partial charge in [-0.3, -0.25) is 4.98 Å². The number of rotatable bonds is 2. The number of aromatic nitrogens is 1. The van der Waals surface area contributed by atoms with Crippen molar-refractivity contribution in [3.8, 4) is 0 Å². The number of hydrogen-bond donors (Lipinski definition) is 1. The van der Waals surface area contributed by atoms with Gasteiger partial charge in [0.05, 0.1) is 6.26 Å². The van der Waals surface area contributed by atoms with Gasteiger partial charge in [0.25, 0.3) is 0 Å². The highest BCUT2D eigenvalue weighted by Gasteiger charge is 1.98. The SMILES string of the molecule is O/C=C/Cc1cncc2ccccc12. The van der Waals surface area contributed by atoms with E-state index >= 15 is 0 Å². The Kier molecular flexibility index (Phi) is 2.45. The lowest BCUT2D eigenvalue weighted by atomic mass is 10.1. The Morgan fingerprint density at radius 1 is 1.21 bits per heavy atom. The molecule has 0 unspecified atom stereocenters. The quantitative estimate of drug-likeness (QED) is 0.730. The van der Waals surface area contributed by atoms with Crippen molar-refractivity contribution in [3.63, 3.8) is 0 Å². The van der Waals surface area contributed by atoms with Gasteiger partial charge in [0.15, 0.2) is 0 Å². The molecule has 0 bridgehead atoms. The molecule has 0 radical (unpaired) electrons. The molecule has 2 aromatic rings. The second-order valence-corrected chi connectivity index (χ2v) is 3.11. The van der Waals surface area contributed by atoms with Gasteiger partial charge in [0.1, 0.15) is 0 Å². The summed E-state index contributed by atoms with van der Waals surface area (Å²) in [5, 5.41) is 10.9. The van der Waals surface area contributed by atoms with Crippen LogP contribution in [0.25, 0.3) is 10.8 Å². The Balaban J connectivity index is 2.53. The number of hydrogen-bond acceptors (Lipinski definition) is 2. The molecule has 0 spiro atoms. The summed E-state index contributed by atoms with van der Waals surface area (Å²) < 4.78 is 0. The zero-order chi connectivity index (χ0) is 9.80. The van der Waals surface area contributed by atoms with Gasteiger partial charge in [-0.15, -0.1) is 0 Å². The number of fused-ring (bicyclic) bond motifs is 1. The summed E-state index contributed by atoms with van der Waals surface area (Å²) in [6.07, 6.45) is 7.18. The molecule has 0 saturated carbocycles. The van der Waals surface area contributed by atoms with Crippen LogP contribution >= 0.6 is 0 Å². The number of nitrogens with zero attached hydrogens (tertiary/aromatic N) is 1. The van der Waals surface area contributed by atoms with Gasteiger partial charge in [-0.05, 0) is 23.4 Å². The van der Waals surface area contributed by atoms with Gasteiger partial charge in [-0.2, -0.15) is 0 Å². The van der Waals surface area contributed by atoms with Gasteiger partial charge in [0.2, 0.25) is 0 Å². The van der Waals surface area contributed by atoms with Crippen LogP contribution in [-0.4, -0.2) is 10.1 Å². The van der Waals surface area contributed by atoms with E-state index in [1.807, 2.05) is 30.6 Å². The Labute approximate surface area is 82.5 Å². The summed E-state index contributed by atoms with van der Waals surface area (Å²) in [6, 6.07) is 8.11. The maximum Gasteiger partial charge on any atom is 0.0755 e. The maximum atomic E-state index is 8.60. The lowest BCUT2D eigenvalue weighted by Crippen LogP contribution is -1.86. The molecular formula is C12H11NO. The predicted octanol–water partition coefficient (Wildman–Crippen LogP) is 2.85. The molecular weight excluding hydrogens is 174 g/mol. The molecule has 1 N–H and O–H groups in total. The fourth-order valence-corrected chi connectivity index (χ4v) is 1.52. The van der Waals surface area contributed by atoms with Crippen LogP contribution < -0.4 is 0 Å².